The summed E-state index contributed by atoms with van der Waals surface area (Å²) in [7, 11) is 1.48. The van der Waals surface area contributed by atoms with Gasteiger partial charge in [-0.15, -0.1) is 0 Å². The molecule has 4 heteroatoms. The van der Waals surface area contributed by atoms with Gasteiger partial charge in [0.25, 0.3) is 0 Å². The van der Waals surface area contributed by atoms with Crippen molar-refractivity contribution in [3.63, 3.8) is 0 Å². The average molecular weight is 268 g/mol. The summed E-state index contributed by atoms with van der Waals surface area (Å²) in [6.45, 7) is 6.89. The first-order valence-corrected chi connectivity index (χ1v) is 7.66. The van der Waals surface area contributed by atoms with E-state index in [9.17, 15) is 4.79 Å². The van der Waals surface area contributed by atoms with Gasteiger partial charge >= 0.3 is 5.97 Å². The van der Waals surface area contributed by atoms with Crippen molar-refractivity contribution in [1.82, 2.24) is 10.2 Å². The molecule has 1 unspecified atom stereocenters. The van der Waals surface area contributed by atoms with Gasteiger partial charge in [0.05, 0.1) is 7.11 Å². The van der Waals surface area contributed by atoms with Crippen molar-refractivity contribution in [1.29, 1.82) is 0 Å². The van der Waals surface area contributed by atoms with E-state index >= 15 is 0 Å². The second kappa shape index (κ2) is 6.23. The number of rotatable bonds is 9. The van der Waals surface area contributed by atoms with E-state index in [0.29, 0.717) is 6.04 Å². The fourth-order valence-electron chi connectivity index (χ4n) is 2.64. The molecule has 19 heavy (non-hydrogen) atoms. The van der Waals surface area contributed by atoms with Crippen LogP contribution in [0.15, 0.2) is 0 Å². The zero-order valence-electron chi connectivity index (χ0n) is 12.6. The molecule has 0 aromatic heterocycles. The number of hydrogen-bond acceptors (Lipinski definition) is 4. The van der Waals surface area contributed by atoms with E-state index in [1.54, 1.807) is 0 Å². The minimum Gasteiger partial charge on any atom is -0.468 e. The van der Waals surface area contributed by atoms with Crippen LogP contribution in [0.4, 0.5) is 0 Å². The summed E-state index contributed by atoms with van der Waals surface area (Å²) in [5.41, 5.74) is -0.567. The maximum absolute atomic E-state index is 12.1. The van der Waals surface area contributed by atoms with E-state index in [0.717, 1.165) is 32.0 Å². The number of esters is 1. The summed E-state index contributed by atoms with van der Waals surface area (Å²) in [4.78, 5) is 14.6. The Morgan fingerprint density at radius 2 is 2.05 bits per heavy atom. The normalized spacial score (nSPS) is 22.3. The van der Waals surface area contributed by atoms with Crippen LogP contribution in [-0.4, -0.2) is 49.2 Å². The lowest BCUT2D eigenvalue weighted by Gasteiger charge is -2.34. The topological polar surface area (TPSA) is 41.6 Å². The van der Waals surface area contributed by atoms with Gasteiger partial charge in [0.15, 0.2) is 0 Å². The van der Waals surface area contributed by atoms with Crippen LogP contribution in [0.5, 0.6) is 0 Å². The van der Waals surface area contributed by atoms with E-state index in [-0.39, 0.29) is 5.97 Å². The number of methoxy groups -OCH3 is 1. The van der Waals surface area contributed by atoms with E-state index in [4.69, 9.17) is 4.74 Å². The molecule has 0 saturated heterocycles. The van der Waals surface area contributed by atoms with Crippen molar-refractivity contribution >= 4 is 5.97 Å². The fourth-order valence-corrected chi connectivity index (χ4v) is 2.64. The molecular formula is C15H28N2O2. The summed E-state index contributed by atoms with van der Waals surface area (Å²) >= 11 is 0. The van der Waals surface area contributed by atoms with Gasteiger partial charge in [-0.25, -0.2) is 0 Å². The van der Waals surface area contributed by atoms with Gasteiger partial charge in [-0.3, -0.25) is 9.69 Å². The molecule has 0 heterocycles. The van der Waals surface area contributed by atoms with Gasteiger partial charge in [-0.2, -0.15) is 0 Å². The molecular weight excluding hydrogens is 240 g/mol. The van der Waals surface area contributed by atoms with Crippen molar-refractivity contribution in [2.24, 2.45) is 5.92 Å². The van der Waals surface area contributed by atoms with Crippen LogP contribution in [0.2, 0.25) is 0 Å². The Labute approximate surface area is 116 Å². The number of ether oxygens (including phenoxy) is 1. The molecule has 0 bridgehead atoms. The SMILES string of the molecule is CCCNC(C)(CN(CC1CC1)C1CC1)C(=O)OC. The van der Waals surface area contributed by atoms with Crippen LogP contribution in [-0.2, 0) is 9.53 Å². The molecule has 0 aromatic carbocycles. The predicted molar refractivity (Wildman–Crippen MR) is 76.0 cm³/mol. The van der Waals surface area contributed by atoms with Crippen molar-refractivity contribution in [3.8, 4) is 0 Å². The summed E-state index contributed by atoms with van der Waals surface area (Å²) in [5, 5.41) is 3.39. The Kier molecular flexibility index (Phi) is 4.85. The second-order valence-corrected chi connectivity index (χ2v) is 6.35. The molecule has 0 spiro atoms. The summed E-state index contributed by atoms with van der Waals surface area (Å²) in [6.07, 6.45) is 6.33. The number of nitrogens with zero attached hydrogens (tertiary/aromatic N) is 1. The predicted octanol–water partition coefficient (Wildman–Crippen LogP) is 1.79. The van der Waals surface area contributed by atoms with Gasteiger partial charge in [0.1, 0.15) is 5.54 Å². The molecule has 110 valence electrons. The molecule has 2 saturated carbocycles. The first-order valence-electron chi connectivity index (χ1n) is 7.66. The highest BCUT2D eigenvalue weighted by Gasteiger charge is 2.41. The number of hydrogen-bond donors (Lipinski definition) is 1. The van der Waals surface area contributed by atoms with E-state index in [1.165, 1.54) is 32.8 Å². The van der Waals surface area contributed by atoms with E-state index in [1.807, 2.05) is 6.92 Å². The Balaban J connectivity index is 1.96. The highest BCUT2D eigenvalue weighted by atomic mass is 16.5. The van der Waals surface area contributed by atoms with E-state index < -0.39 is 5.54 Å². The standard InChI is InChI=1S/C15H28N2O2/c1-4-9-16-15(2,14(18)19-3)11-17(13-7-8-13)10-12-5-6-12/h12-13,16H,4-11H2,1-3H3. The van der Waals surface area contributed by atoms with Gasteiger partial charge < -0.3 is 10.1 Å². The van der Waals surface area contributed by atoms with Crippen molar-refractivity contribution in [3.05, 3.63) is 0 Å². The van der Waals surface area contributed by atoms with Crippen LogP contribution in [0.25, 0.3) is 0 Å². The highest BCUT2D eigenvalue weighted by Crippen LogP contribution is 2.35. The molecule has 1 N–H and O–H groups in total. The first-order chi connectivity index (χ1) is 9.09. The maximum atomic E-state index is 12.1. The maximum Gasteiger partial charge on any atom is 0.327 e. The Morgan fingerprint density at radius 3 is 2.53 bits per heavy atom. The molecule has 0 aromatic rings. The Bertz CT molecular complexity index is 313. The minimum absolute atomic E-state index is 0.137. The molecule has 2 aliphatic rings. The van der Waals surface area contributed by atoms with Crippen molar-refractivity contribution in [2.45, 2.75) is 57.5 Å². The summed E-state index contributed by atoms with van der Waals surface area (Å²) in [6, 6.07) is 0.702. The average Bonchev–Trinajstić information content (AvgIpc) is 3.26. The molecule has 1 atom stereocenters. The molecule has 2 rings (SSSR count). The molecule has 2 aliphatic carbocycles. The van der Waals surface area contributed by atoms with Gasteiger partial charge in [0.2, 0.25) is 0 Å². The Morgan fingerprint density at radius 1 is 1.37 bits per heavy atom. The minimum atomic E-state index is -0.567. The zero-order chi connectivity index (χ0) is 13.9. The van der Waals surface area contributed by atoms with Gasteiger partial charge in [-0.1, -0.05) is 6.92 Å². The molecule has 2 fully saturated rings. The Hall–Kier alpha value is -0.610. The van der Waals surface area contributed by atoms with Gasteiger partial charge in [-0.05, 0) is 51.5 Å². The summed E-state index contributed by atoms with van der Waals surface area (Å²) in [5.74, 6) is 0.732. The smallest absolute Gasteiger partial charge is 0.327 e. The molecule has 0 aliphatic heterocycles. The third kappa shape index (κ3) is 4.18. The second-order valence-electron chi connectivity index (χ2n) is 6.35. The largest absolute Gasteiger partial charge is 0.468 e. The van der Waals surface area contributed by atoms with Crippen LogP contribution in [0, 0.1) is 5.92 Å². The van der Waals surface area contributed by atoms with E-state index in [2.05, 4.69) is 17.1 Å². The van der Waals surface area contributed by atoms with Crippen LogP contribution < -0.4 is 5.32 Å². The first kappa shape index (κ1) is 14.8. The van der Waals surface area contributed by atoms with Gasteiger partial charge in [0, 0.05) is 19.1 Å². The van der Waals surface area contributed by atoms with Crippen molar-refractivity contribution < 1.29 is 9.53 Å². The van der Waals surface area contributed by atoms with Crippen molar-refractivity contribution in [2.75, 3.05) is 26.7 Å². The third-order valence-corrected chi connectivity index (χ3v) is 4.17. The third-order valence-electron chi connectivity index (χ3n) is 4.17. The lowest BCUT2D eigenvalue weighted by Crippen LogP contribution is -2.58. The summed E-state index contributed by atoms with van der Waals surface area (Å²) < 4.78 is 5.01. The lowest BCUT2D eigenvalue weighted by atomic mass is 10.0. The fraction of sp³-hybridized carbons (Fsp3) is 0.933. The van der Waals surface area contributed by atoms with Crippen LogP contribution in [0.3, 0.4) is 0 Å². The molecule has 4 nitrogen and oxygen atoms in total. The molecule has 0 radical (unpaired) electrons. The molecule has 0 amide bonds. The zero-order valence-corrected chi connectivity index (χ0v) is 12.6. The lowest BCUT2D eigenvalue weighted by molar-refractivity contribution is -0.148. The quantitative estimate of drug-likeness (QED) is 0.647. The number of nitrogens with one attached hydrogen (secondary N) is 1. The number of carbonyl (C=O) groups excluding carboxylic acids is 1. The monoisotopic (exact) mass is 268 g/mol. The number of carbonyl (C=O) groups is 1. The van der Waals surface area contributed by atoms with Crippen LogP contribution in [0.1, 0.15) is 46.0 Å². The van der Waals surface area contributed by atoms with Crippen LogP contribution >= 0.6 is 0 Å². The highest BCUT2D eigenvalue weighted by molar-refractivity contribution is 5.80.